The molecule has 4 rings (SSSR count). The highest BCUT2D eigenvalue weighted by Gasteiger charge is 2.23. The van der Waals surface area contributed by atoms with Gasteiger partial charge in [0.25, 0.3) is 15.9 Å². The molecular weight excluding hydrogens is 421 g/mol. The zero-order valence-electron chi connectivity index (χ0n) is 16.4. The van der Waals surface area contributed by atoms with E-state index < -0.39 is 15.8 Å². The fraction of sp³-hybridized carbons (Fsp3) is 0.0909. The van der Waals surface area contributed by atoms with Crippen LogP contribution >= 0.6 is 0 Å². The van der Waals surface area contributed by atoms with Crippen molar-refractivity contribution in [3.63, 3.8) is 0 Å². The van der Waals surface area contributed by atoms with Gasteiger partial charge in [0, 0.05) is 11.3 Å². The Bertz CT molecular complexity index is 1300. The third kappa shape index (κ3) is 4.56. The summed E-state index contributed by atoms with van der Waals surface area (Å²) in [5.74, 6) is 0.362. The fourth-order valence-electron chi connectivity index (χ4n) is 2.95. The third-order valence-corrected chi connectivity index (χ3v) is 5.77. The van der Waals surface area contributed by atoms with E-state index in [1.54, 1.807) is 48.5 Å². The van der Waals surface area contributed by atoms with Crippen LogP contribution in [0.3, 0.4) is 0 Å². The molecule has 9 heteroatoms. The maximum Gasteiger partial charge on any atom is 0.262 e. The van der Waals surface area contributed by atoms with Crippen molar-refractivity contribution in [1.82, 2.24) is 10.1 Å². The summed E-state index contributed by atoms with van der Waals surface area (Å²) < 4.78 is 52.8. The first-order valence-corrected chi connectivity index (χ1v) is 10.9. The third-order valence-electron chi connectivity index (χ3n) is 4.33. The number of nitrogens with one attached hydrogen (secondary N) is 1. The van der Waals surface area contributed by atoms with Crippen LogP contribution in [0, 0.1) is 5.82 Å². The zero-order valence-corrected chi connectivity index (χ0v) is 17.3. The molecular formula is C22H18FN3O4S. The second-order valence-electron chi connectivity index (χ2n) is 6.49. The van der Waals surface area contributed by atoms with Crippen LogP contribution in [0.4, 0.5) is 10.1 Å². The quantitative estimate of drug-likeness (QED) is 0.447. The molecule has 1 heterocycles. The predicted molar refractivity (Wildman–Crippen MR) is 114 cm³/mol. The Balaban J connectivity index is 1.65. The lowest BCUT2D eigenvalue weighted by Crippen LogP contribution is -2.14. The van der Waals surface area contributed by atoms with E-state index in [4.69, 9.17) is 9.26 Å². The Morgan fingerprint density at radius 1 is 1.03 bits per heavy atom. The molecule has 158 valence electrons. The van der Waals surface area contributed by atoms with Gasteiger partial charge >= 0.3 is 0 Å². The van der Waals surface area contributed by atoms with E-state index >= 15 is 0 Å². The molecule has 31 heavy (non-hydrogen) atoms. The number of ether oxygens (including phenoxy) is 1. The van der Waals surface area contributed by atoms with Crippen LogP contribution in [0.2, 0.25) is 0 Å². The molecule has 0 spiro atoms. The summed E-state index contributed by atoms with van der Waals surface area (Å²) in [6, 6.07) is 18.6. The van der Waals surface area contributed by atoms with Crippen molar-refractivity contribution in [3.8, 4) is 28.6 Å². The smallest absolute Gasteiger partial charge is 0.262 e. The van der Waals surface area contributed by atoms with Gasteiger partial charge in [0.1, 0.15) is 16.5 Å². The van der Waals surface area contributed by atoms with Crippen molar-refractivity contribution < 1.29 is 22.1 Å². The van der Waals surface area contributed by atoms with Crippen LogP contribution in [0.25, 0.3) is 22.8 Å². The molecule has 0 amide bonds. The maximum atomic E-state index is 13.5. The molecule has 0 fully saturated rings. The van der Waals surface area contributed by atoms with Crippen molar-refractivity contribution in [2.24, 2.45) is 0 Å². The average Bonchev–Trinajstić information content (AvgIpc) is 3.25. The number of aromatic nitrogens is 2. The largest absolute Gasteiger partial charge is 0.494 e. The Hall–Kier alpha value is -3.72. The molecule has 0 saturated heterocycles. The van der Waals surface area contributed by atoms with Crippen molar-refractivity contribution in [2.75, 3.05) is 11.3 Å². The molecule has 0 aliphatic heterocycles. The van der Waals surface area contributed by atoms with Gasteiger partial charge in [-0.3, -0.25) is 4.72 Å². The van der Waals surface area contributed by atoms with Gasteiger partial charge in [-0.2, -0.15) is 4.98 Å². The van der Waals surface area contributed by atoms with Crippen LogP contribution in [0.5, 0.6) is 5.75 Å². The first-order chi connectivity index (χ1) is 15.0. The van der Waals surface area contributed by atoms with Gasteiger partial charge in [-0.05, 0) is 55.5 Å². The van der Waals surface area contributed by atoms with Crippen LogP contribution in [-0.2, 0) is 10.0 Å². The highest BCUT2D eigenvalue weighted by Crippen LogP contribution is 2.29. The van der Waals surface area contributed by atoms with E-state index in [0.717, 1.165) is 0 Å². The first kappa shape index (κ1) is 20.5. The summed E-state index contributed by atoms with van der Waals surface area (Å²) in [7, 11) is -3.96. The number of anilines is 1. The van der Waals surface area contributed by atoms with Gasteiger partial charge in [-0.25, -0.2) is 12.8 Å². The van der Waals surface area contributed by atoms with E-state index in [2.05, 4.69) is 14.9 Å². The Labute approximate surface area is 178 Å². The van der Waals surface area contributed by atoms with Crippen molar-refractivity contribution in [2.45, 2.75) is 11.8 Å². The number of hydrogen-bond donors (Lipinski definition) is 1. The molecule has 0 radical (unpaired) electrons. The molecule has 4 aromatic rings. The lowest BCUT2D eigenvalue weighted by Gasteiger charge is -2.11. The van der Waals surface area contributed by atoms with Crippen molar-refractivity contribution >= 4 is 15.7 Å². The number of benzene rings is 3. The molecule has 0 saturated carbocycles. The number of sulfonamides is 1. The minimum atomic E-state index is -3.96. The molecule has 0 bridgehead atoms. The van der Waals surface area contributed by atoms with E-state index in [9.17, 15) is 12.8 Å². The van der Waals surface area contributed by atoms with Gasteiger partial charge in [0.2, 0.25) is 5.82 Å². The summed E-state index contributed by atoms with van der Waals surface area (Å²) in [5.41, 5.74) is 1.03. The highest BCUT2D eigenvalue weighted by atomic mass is 32.2. The Kier molecular flexibility index (Phi) is 5.68. The van der Waals surface area contributed by atoms with E-state index in [1.807, 2.05) is 6.92 Å². The van der Waals surface area contributed by atoms with E-state index in [1.165, 1.54) is 24.3 Å². The average molecular weight is 439 g/mol. The summed E-state index contributed by atoms with van der Waals surface area (Å²) in [5, 5.41) is 3.86. The molecule has 0 atom stereocenters. The molecule has 1 N–H and O–H groups in total. The normalized spacial score (nSPS) is 11.3. The summed E-state index contributed by atoms with van der Waals surface area (Å²) >= 11 is 0. The lowest BCUT2D eigenvalue weighted by atomic mass is 10.2. The standard InChI is InChI=1S/C22H18FN3O4S/c1-2-29-18-12-10-17(11-13-18)26-31(27,28)20-9-4-3-8-19(20)22-24-21(25-30-22)15-6-5-7-16(23)14-15/h3-14,26H,2H2,1H3. The summed E-state index contributed by atoms with van der Waals surface area (Å²) in [6.07, 6.45) is 0. The molecule has 0 aliphatic carbocycles. The summed E-state index contributed by atoms with van der Waals surface area (Å²) in [4.78, 5) is 4.22. The second-order valence-corrected chi connectivity index (χ2v) is 8.14. The SMILES string of the molecule is CCOc1ccc(NS(=O)(=O)c2ccccc2-c2nc(-c3cccc(F)c3)no2)cc1. The van der Waals surface area contributed by atoms with Crippen LogP contribution < -0.4 is 9.46 Å². The number of rotatable bonds is 7. The monoisotopic (exact) mass is 439 g/mol. The fourth-order valence-corrected chi connectivity index (χ4v) is 4.21. The number of hydrogen-bond acceptors (Lipinski definition) is 6. The second kappa shape index (κ2) is 8.57. The zero-order chi connectivity index (χ0) is 21.8. The highest BCUT2D eigenvalue weighted by molar-refractivity contribution is 7.92. The lowest BCUT2D eigenvalue weighted by molar-refractivity contribution is 0.340. The van der Waals surface area contributed by atoms with Gasteiger partial charge < -0.3 is 9.26 Å². The Morgan fingerprint density at radius 3 is 2.55 bits per heavy atom. The molecule has 7 nitrogen and oxygen atoms in total. The molecule has 0 unspecified atom stereocenters. The molecule has 0 aliphatic rings. The minimum Gasteiger partial charge on any atom is -0.494 e. The van der Waals surface area contributed by atoms with Crippen LogP contribution in [0.1, 0.15) is 6.92 Å². The van der Waals surface area contributed by atoms with E-state index in [0.29, 0.717) is 23.6 Å². The number of halogens is 1. The van der Waals surface area contributed by atoms with Crippen LogP contribution in [0.15, 0.2) is 82.2 Å². The van der Waals surface area contributed by atoms with Gasteiger partial charge in [0.05, 0.1) is 12.2 Å². The van der Waals surface area contributed by atoms with Gasteiger partial charge in [-0.1, -0.05) is 29.4 Å². The predicted octanol–water partition coefficient (Wildman–Crippen LogP) is 4.74. The van der Waals surface area contributed by atoms with Crippen molar-refractivity contribution in [1.29, 1.82) is 0 Å². The summed E-state index contributed by atoms with van der Waals surface area (Å²) in [6.45, 7) is 2.38. The first-order valence-electron chi connectivity index (χ1n) is 9.41. The maximum absolute atomic E-state index is 13.5. The van der Waals surface area contributed by atoms with E-state index in [-0.39, 0.29) is 22.2 Å². The Morgan fingerprint density at radius 2 is 1.81 bits per heavy atom. The van der Waals surface area contributed by atoms with Crippen molar-refractivity contribution in [3.05, 3.63) is 78.6 Å². The van der Waals surface area contributed by atoms with Crippen LogP contribution in [-0.4, -0.2) is 25.2 Å². The van der Waals surface area contributed by atoms with Gasteiger partial charge in [0.15, 0.2) is 0 Å². The molecule has 3 aromatic carbocycles. The van der Waals surface area contributed by atoms with Gasteiger partial charge in [-0.15, -0.1) is 0 Å². The number of nitrogens with zero attached hydrogens (tertiary/aromatic N) is 2. The molecule has 1 aromatic heterocycles. The topological polar surface area (TPSA) is 94.3 Å². The minimum absolute atomic E-state index is 0.00642.